The molecule has 0 saturated carbocycles. The zero-order chi connectivity index (χ0) is 22.7. The second kappa shape index (κ2) is 7.33. The number of aryl methyl sites for hydroxylation is 1. The molecule has 0 bridgehead atoms. The van der Waals surface area contributed by atoms with Crippen molar-refractivity contribution in [3.05, 3.63) is 59.3 Å². The first-order valence-electron chi connectivity index (χ1n) is 9.49. The fraction of sp³-hybridized carbons (Fsp3) is 0.143. The number of nitrogens with zero attached hydrogens (tertiary/aromatic N) is 3. The molecule has 0 fully saturated rings. The van der Waals surface area contributed by atoms with E-state index in [4.69, 9.17) is 9.68 Å². The van der Waals surface area contributed by atoms with Crippen LogP contribution in [0.15, 0.2) is 62.7 Å². The molecule has 11 heteroatoms. The zero-order valence-corrected chi connectivity index (χ0v) is 19.2. The molecule has 0 aliphatic carbocycles. The van der Waals surface area contributed by atoms with Crippen LogP contribution in [-0.2, 0) is 10.0 Å². The second-order valence-corrected chi connectivity index (χ2v) is 12.4. The van der Waals surface area contributed by atoms with E-state index < -0.39 is 20.6 Å². The van der Waals surface area contributed by atoms with Crippen LogP contribution in [0.4, 0.5) is 5.69 Å². The summed E-state index contributed by atoms with van der Waals surface area (Å²) in [5.74, 6) is 0.339. The van der Waals surface area contributed by atoms with Gasteiger partial charge in [-0.15, -0.1) is 11.3 Å². The summed E-state index contributed by atoms with van der Waals surface area (Å²) in [4.78, 5) is 5.75. The summed E-state index contributed by atoms with van der Waals surface area (Å²) in [6.45, 7) is 1.61. The smallest absolute Gasteiger partial charge is 0.264 e. The van der Waals surface area contributed by atoms with E-state index in [1.165, 1.54) is 27.8 Å². The maximum atomic E-state index is 13.6. The van der Waals surface area contributed by atoms with Crippen molar-refractivity contribution in [3.63, 3.8) is 0 Å². The number of benzene rings is 2. The monoisotopic (exact) mass is 487 g/mol. The Morgan fingerprint density at radius 2 is 2.00 bits per heavy atom. The van der Waals surface area contributed by atoms with E-state index >= 15 is 0 Å². The highest BCUT2D eigenvalue weighted by Gasteiger charge is 2.36. The van der Waals surface area contributed by atoms with Crippen LogP contribution < -0.4 is 4.31 Å². The van der Waals surface area contributed by atoms with Gasteiger partial charge in [-0.1, -0.05) is 6.07 Å². The van der Waals surface area contributed by atoms with Gasteiger partial charge in [0.05, 0.1) is 27.8 Å². The predicted octanol–water partition coefficient (Wildman–Crippen LogP) is 5.05. The first kappa shape index (κ1) is 21.0. The average Bonchev–Trinajstić information content (AvgIpc) is 3.38. The zero-order valence-electron chi connectivity index (χ0n) is 16.7. The number of aromatic nitrogens is 1. The molecule has 5 rings (SSSR count). The topological polar surface area (TPSA) is 128 Å². The van der Waals surface area contributed by atoms with E-state index in [-0.39, 0.29) is 27.8 Å². The Morgan fingerprint density at radius 3 is 2.75 bits per heavy atom. The minimum absolute atomic E-state index is 0.0379. The van der Waals surface area contributed by atoms with Gasteiger partial charge in [0.2, 0.25) is 0 Å². The Morgan fingerprint density at radius 1 is 1.19 bits per heavy atom. The average molecular weight is 488 g/mol. The van der Waals surface area contributed by atoms with Crippen molar-refractivity contribution in [1.82, 2.24) is 4.98 Å². The van der Waals surface area contributed by atoms with E-state index in [1.54, 1.807) is 43.3 Å². The highest BCUT2D eigenvalue weighted by Crippen LogP contribution is 2.56. The van der Waals surface area contributed by atoms with Crippen LogP contribution in [0.5, 0.6) is 0 Å². The van der Waals surface area contributed by atoms with E-state index in [0.29, 0.717) is 27.4 Å². The Labute approximate surface area is 189 Å². The van der Waals surface area contributed by atoms with Crippen molar-refractivity contribution in [3.8, 4) is 16.5 Å². The third kappa shape index (κ3) is 3.37. The van der Waals surface area contributed by atoms with Gasteiger partial charge in [-0.3, -0.25) is 13.4 Å². The third-order valence-corrected chi connectivity index (χ3v) is 9.86. The number of thiophene rings is 1. The maximum Gasteiger partial charge on any atom is 0.264 e. The van der Waals surface area contributed by atoms with Crippen molar-refractivity contribution in [2.24, 2.45) is 0 Å². The van der Waals surface area contributed by atoms with Crippen LogP contribution in [0.3, 0.4) is 0 Å². The van der Waals surface area contributed by atoms with Crippen LogP contribution in [0, 0.1) is 18.3 Å². The van der Waals surface area contributed by atoms with Gasteiger partial charge in [0.25, 0.3) is 10.0 Å². The van der Waals surface area contributed by atoms with Crippen LogP contribution in [0.2, 0.25) is 0 Å². The van der Waals surface area contributed by atoms with Gasteiger partial charge >= 0.3 is 0 Å². The second-order valence-electron chi connectivity index (χ2n) is 7.27. The van der Waals surface area contributed by atoms with Gasteiger partial charge in [-0.05, 0) is 48.0 Å². The summed E-state index contributed by atoms with van der Waals surface area (Å²) in [5.41, 5.74) is 1.83. The molecule has 0 saturated heterocycles. The molecule has 1 aliphatic rings. The molecule has 2 aromatic carbocycles. The van der Waals surface area contributed by atoms with E-state index in [1.807, 2.05) is 0 Å². The van der Waals surface area contributed by atoms with Crippen molar-refractivity contribution in [2.75, 3.05) is 16.6 Å². The lowest BCUT2D eigenvalue weighted by Crippen LogP contribution is -2.38. The molecule has 32 heavy (non-hydrogen) atoms. The Hall–Kier alpha value is -2.88. The van der Waals surface area contributed by atoms with Gasteiger partial charge < -0.3 is 4.42 Å². The third-order valence-electron chi connectivity index (χ3n) is 5.21. The minimum Gasteiger partial charge on any atom is -0.441 e. The SMILES string of the molecule is Cc1nc2cc(S(=O)(=O)N3CCS(O)(O)c4ccc(-c5ccc(C#N)s5)cc43)ccc2o1. The van der Waals surface area contributed by atoms with Gasteiger partial charge in [0, 0.05) is 11.8 Å². The molecule has 0 atom stereocenters. The summed E-state index contributed by atoms with van der Waals surface area (Å²) in [5, 5.41) is 9.11. The number of nitriles is 1. The number of hydrogen-bond donors (Lipinski definition) is 2. The van der Waals surface area contributed by atoms with Gasteiger partial charge in [-0.25, -0.2) is 13.4 Å². The van der Waals surface area contributed by atoms with Crippen LogP contribution in [-0.4, -0.2) is 34.8 Å². The number of fused-ring (bicyclic) bond motifs is 2. The molecule has 0 spiro atoms. The first-order valence-corrected chi connectivity index (χ1v) is 13.5. The molecular weight excluding hydrogens is 470 g/mol. The quantitative estimate of drug-likeness (QED) is 0.414. The molecule has 0 radical (unpaired) electrons. The number of sulfonamides is 1. The van der Waals surface area contributed by atoms with Crippen LogP contribution >= 0.6 is 21.9 Å². The minimum atomic E-state index is -4.01. The first-order chi connectivity index (χ1) is 15.2. The van der Waals surface area contributed by atoms with E-state index in [9.17, 15) is 17.5 Å². The maximum absolute atomic E-state index is 13.6. The normalized spacial score (nSPS) is 16.5. The summed E-state index contributed by atoms with van der Waals surface area (Å²) in [6.07, 6.45) is 0. The number of hydrogen-bond acceptors (Lipinski definition) is 8. The number of anilines is 1. The van der Waals surface area contributed by atoms with Gasteiger partial charge in [0.1, 0.15) is 16.5 Å². The molecular formula is C21H17N3O5S3. The Kier molecular flexibility index (Phi) is 4.81. The van der Waals surface area contributed by atoms with Crippen molar-refractivity contribution >= 4 is 48.7 Å². The molecule has 0 unspecified atom stereocenters. The fourth-order valence-electron chi connectivity index (χ4n) is 3.70. The molecule has 3 heterocycles. The predicted molar refractivity (Wildman–Crippen MR) is 124 cm³/mol. The van der Waals surface area contributed by atoms with Crippen LogP contribution in [0.25, 0.3) is 21.5 Å². The number of oxazole rings is 1. The fourth-order valence-corrected chi connectivity index (χ4v) is 7.61. The van der Waals surface area contributed by atoms with Crippen molar-refractivity contribution in [2.45, 2.75) is 16.7 Å². The summed E-state index contributed by atoms with van der Waals surface area (Å²) in [7, 11) is -7.14. The summed E-state index contributed by atoms with van der Waals surface area (Å²) >= 11 is 1.28. The lowest BCUT2D eigenvalue weighted by atomic mass is 10.1. The molecule has 2 N–H and O–H groups in total. The Balaban J connectivity index is 1.64. The van der Waals surface area contributed by atoms with Gasteiger partial charge in [-0.2, -0.15) is 15.9 Å². The molecule has 0 amide bonds. The molecule has 1 aliphatic heterocycles. The molecule has 4 aromatic rings. The summed E-state index contributed by atoms with van der Waals surface area (Å²) in [6, 6.07) is 14.9. The van der Waals surface area contributed by atoms with Gasteiger partial charge in [0.15, 0.2) is 11.5 Å². The number of rotatable bonds is 3. The Bertz CT molecular complexity index is 1520. The van der Waals surface area contributed by atoms with Crippen molar-refractivity contribution in [1.29, 1.82) is 5.26 Å². The molecule has 2 aromatic heterocycles. The summed E-state index contributed by atoms with van der Waals surface area (Å²) < 4.78 is 55.0. The largest absolute Gasteiger partial charge is 0.441 e. The van der Waals surface area contributed by atoms with E-state index in [0.717, 1.165) is 4.88 Å². The highest BCUT2D eigenvalue weighted by molar-refractivity contribution is 8.24. The standard InChI is InChI=1S/C21H17N3O5S3/c1-13-23-17-11-16(4-5-19(17)29-13)32(27,28)24-8-9-31(25,26)21-7-2-14(10-18(21)24)20-6-3-15(12-22)30-20/h2-7,10-11,25-26H,8-9H2,1H3. The van der Waals surface area contributed by atoms with Crippen LogP contribution in [0.1, 0.15) is 10.8 Å². The van der Waals surface area contributed by atoms with Crippen molar-refractivity contribution < 1.29 is 21.9 Å². The lowest BCUT2D eigenvalue weighted by Gasteiger charge is -2.42. The highest BCUT2D eigenvalue weighted by atomic mass is 32.3. The molecule has 164 valence electrons. The van der Waals surface area contributed by atoms with E-state index in [2.05, 4.69) is 11.1 Å². The lowest BCUT2D eigenvalue weighted by molar-refractivity contribution is 0.484. The molecule has 8 nitrogen and oxygen atoms in total.